The third kappa shape index (κ3) is 3.21. The average Bonchev–Trinajstić information content (AvgIpc) is 2.23. The quantitative estimate of drug-likeness (QED) is 0.752. The first-order valence-corrected chi connectivity index (χ1v) is 6.41. The molecule has 0 saturated heterocycles. The highest BCUT2D eigenvalue weighted by atomic mass is 32.2. The molecule has 4 heteroatoms. The molecule has 1 heterocycles. The summed E-state index contributed by atoms with van der Waals surface area (Å²) in [6.07, 6.45) is 1.13. The summed E-state index contributed by atoms with van der Waals surface area (Å²) in [5.41, 5.74) is 2.47. The summed E-state index contributed by atoms with van der Waals surface area (Å²) in [6, 6.07) is 2.22. The summed E-state index contributed by atoms with van der Waals surface area (Å²) >= 11 is 1.63. The van der Waals surface area contributed by atoms with Crippen LogP contribution in [0.1, 0.15) is 37.1 Å². The first-order chi connectivity index (χ1) is 7.56. The normalized spacial score (nSPS) is 10.5. The Morgan fingerprint density at radius 3 is 2.56 bits per heavy atom. The predicted molar refractivity (Wildman–Crippen MR) is 66.4 cm³/mol. The third-order valence-corrected chi connectivity index (χ3v) is 3.47. The summed E-state index contributed by atoms with van der Waals surface area (Å²) in [4.78, 5) is 0. The topological polar surface area (TPSA) is 49.6 Å². The minimum absolute atomic E-state index is 0.678. The smallest absolute Gasteiger partial charge is 0.137 e. The van der Waals surface area contributed by atoms with Crippen LogP contribution < -0.4 is 0 Å². The van der Waals surface area contributed by atoms with Crippen LogP contribution >= 0.6 is 11.8 Å². The van der Waals surface area contributed by atoms with Crippen LogP contribution in [0.25, 0.3) is 0 Å². The van der Waals surface area contributed by atoms with Gasteiger partial charge in [-0.25, -0.2) is 0 Å². The van der Waals surface area contributed by atoms with Crippen LogP contribution in [0.5, 0.6) is 0 Å². The van der Waals surface area contributed by atoms with Gasteiger partial charge in [-0.1, -0.05) is 13.8 Å². The average molecular weight is 235 g/mol. The van der Waals surface area contributed by atoms with Gasteiger partial charge < -0.3 is 0 Å². The Labute approximate surface area is 101 Å². The number of rotatable bonds is 4. The Morgan fingerprint density at radius 1 is 1.31 bits per heavy atom. The van der Waals surface area contributed by atoms with Gasteiger partial charge in [0.2, 0.25) is 0 Å². The Morgan fingerprint density at radius 2 is 2.00 bits per heavy atom. The van der Waals surface area contributed by atoms with E-state index in [-0.39, 0.29) is 0 Å². The van der Waals surface area contributed by atoms with Crippen molar-refractivity contribution in [2.75, 3.05) is 5.75 Å². The van der Waals surface area contributed by atoms with Gasteiger partial charge in [-0.2, -0.15) is 10.4 Å². The Bertz CT molecular complexity index is 407. The van der Waals surface area contributed by atoms with Crippen molar-refractivity contribution in [3.63, 3.8) is 0 Å². The predicted octanol–water partition coefficient (Wildman–Crippen LogP) is 3.10. The maximum atomic E-state index is 9.10. The molecular weight excluding hydrogens is 218 g/mol. The molecule has 0 aromatic carbocycles. The van der Waals surface area contributed by atoms with Crippen LogP contribution in [0.4, 0.5) is 0 Å². The second-order valence-electron chi connectivity index (χ2n) is 4.23. The molecule has 0 saturated carbocycles. The van der Waals surface area contributed by atoms with E-state index in [1.165, 1.54) is 0 Å². The monoisotopic (exact) mass is 235 g/mol. The van der Waals surface area contributed by atoms with Crippen molar-refractivity contribution in [3.8, 4) is 6.07 Å². The fraction of sp³-hybridized carbons (Fsp3) is 0.583. The Balaban J connectivity index is 2.81. The second kappa shape index (κ2) is 5.86. The number of hydrogen-bond donors (Lipinski definition) is 0. The molecule has 86 valence electrons. The van der Waals surface area contributed by atoms with E-state index < -0.39 is 0 Å². The zero-order valence-corrected chi connectivity index (χ0v) is 11.1. The number of hydrogen-bond acceptors (Lipinski definition) is 4. The van der Waals surface area contributed by atoms with E-state index in [1.54, 1.807) is 11.8 Å². The van der Waals surface area contributed by atoms with Crippen molar-refractivity contribution in [1.82, 2.24) is 10.2 Å². The van der Waals surface area contributed by atoms with E-state index in [0.29, 0.717) is 11.5 Å². The molecule has 0 bridgehead atoms. The second-order valence-corrected chi connectivity index (χ2v) is 5.32. The van der Waals surface area contributed by atoms with Gasteiger partial charge in [-0.3, -0.25) is 0 Å². The van der Waals surface area contributed by atoms with Crippen molar-refractivity contribution >= 4 is 11.8 Å². The number of nitriles is 1. The highest BCUT2D eigenvalue weighted by molar-refractivity contribution is 7.99. The first kappa shape index (κ1) is 13.0. The molecule has 0 aliphatic carbocycles. The van der Waals surface area contributed by atoms with Gasteiger partial charge in [0, 0.05) is 0 Å². The lowest BCUT2D eigenvalue weighted by molar-refractivity contribution is 0.631. The highest BCUT2D eigenvalue weighted by Crippen LogP contribution is 2.24. The van der Waals surface area contributed by atoms with Crippen LogP contribution in [-0.4, -0.2) is 16.0 Å². The van der Waals surface area contributed by atoms with Crippen LogP contribution in [-0.2, 0) is 0 Å². The van der Waals surface area contributed by atoms with Crippen molar-refractivity contribution in [2.45, 2.75) is 39.1 Å². The Hall–Kier alpha value is -1.08. The zero-order chi connectivity index (χ0) is 12.1. The summed E-state index contributed by atoms with van der Waals surface area (Å²) in [5, 5.41) is 18.0. The Kier molecular flexibility index (Phi) is 4.75. The summed E-state index contributed by atoms with van der Waals surface area (Å²) in [7, 11) is 0. The van der Waals surface area contributed by atoms with E-state index in [9.17, 15) is 0 Å². The molecule has 0 spiro atoms. The summed E-state index contributed by atoms with van der Waals surface area (Å²) < 4.78 is 0. The van der Waals surface area contributed by atoms with Gasteiger partial charge >= 0.3 is 0 Å². The molecular formula is C12H17N3S. The molecule has 0 amide bonds. The lowest BCUT2D eigenvalue weighted by atomic mass is 10.1. The maximum Gasteiger partial charge on any atom is 0.137 e. The molecule has 0 radical (unpaired) electrons. The largest absolute Gasteiger partial charge is 0.192 e. The zero-order valence-electron chi connectivity index (χ0n) is 10.2. The molecule has 0 atom stereocenters. The van der Waals surface area contributed by atoms with E-state index in [4.69, 9.17) is 5.26 Å². The lowest BCUT2D eigenvalue weighted by Crippen LogP contribution is -2.00. The van der Waals surface area contributed by atoms with Crippen LogP contribution in [0, 0.1) is 31.1 Å². The van der Waals surface area contributed by atoms with Gasteiger partial charge in [0.05, 0.1) is 11.3 Å². The molecule has 0 N–H and O–H groups in total. The van der Waals surface area contributed by atoms with E-state index in [1.807, 2.05) is 13.8 Å². The van der Waals surface area contributed by atoms with Crippen LogP contribution in [0.3, 0.4) is 0 Å². The van der Waals surface area contributed by atoms with Gasteiger partial charge in [-0.05, 0) is 37.5 Å². The van der Waals surface area contributed by atoms with Crippen molar-refractivity contribution < 1.29 is 0 Å². The molecule has 0 aliphatic rings. The van der Waals surface area contributed by atoms with Gasteiger partial charge in [0.15, 0.2) is 0 Å². The van der Waals surface area contributed by atoms with Crippen LogP contribution in [0.15, 0.2) is 5.03 Å². The first-order valence-electron chi connectivity index (χ1n) is 5.43. The maximum absolute atomic E-state index is 9.10. The van der Waals surface area contributed by atoms with Crippen molar-refractivity contribution in [2.24, 2.45) is 5.92 Å². The van der Waals surface area contributed by atoms with Gasteiger partial charge in [-0.15, -0.1) is 16.9 Å². The summed E-state index contributed by atoms with van der Waals surface area (Å²) in [6.45, 7) is 8.19. The molecule has 1 rings (SSSR count). The fourth-order valence-corrected chi connectivity index (χ4v) is 2.43. The number of nitrogens with zero attached hydrogens (tertiary/aromatic N) is 3. The number of thioether (sulfide) groups is 1. The van der Waals surface area contributed by atoms with Gasteiger partial charge in [0.25, 0.3) is 0 Å². The lowest BCUT2D eigenvalue weighted by Gasteiger charge is -2.07. The van der Waals surface area contributed by atoms with Gasteiger partial charge in [0.1, 0.15) is 11.1 Å². The van der Waals surface area contributed by atoms with E-state index >= 15 is 0 Å². The SMILES string of the molecule is Cc1nnc(SCCC(C)C)c(C#N)c1C. The molecule has 0 unspecified atom stereocenters. The number of aromatic nitrogens is 2. The molecule has 3 nitrogen and oxygen atoms in total. The fourth-order valence-electron chi connectivity index (χ4n) is 1.21. The number of aryl methyl sites for hydroxylation is 1. The van der Waals surface area contributed by atoms with Crippen molar-refractivity contribution in [1.29, 1.82) is 5.26 Å². The summed E-state index contributed by atoms with van der Waals surface area (Å²) in [5.74, 6) is 1.67. The van der Waals surface area contributed by atoms with Crippen LogP contribution in [0.2, 0.25) is 0 Å². The third-order valence-electron chi connectivity index (χ3n) is 2.47. The van der Waals surface area contributed by atoms with E-state index in [0.717, 1.165) is 28.5 Å². The van der Waals surface area contributed by atoms with Crippen molar-refractivity contribution in [3.05, 3.63) is 16.8 Å². The minimum atomic E-state index is 0.678. The highest BCUT2D eigenvalue weighted by Gasteiger charge is 2.11. The molecule has 0 aliphatic heterocycles. The molecule has 1 aromatic rings. The standard InChI is InChI=1S/C12H17N3S/c1-8(2)5-6-16-12-11(7-13)9(3)10(4)14-15-12/h8H,5-6H2,1-4H3. The molecule has 16 heavy (non-hydrogen) atoms. The molecule has 1 aromatic heterocycles. The molecule has 0 fully saturated rings. The minimum Gasteiger partial charge on any atom is -0.192 e. The van der Waals surface area contributed by atoms with E-state index in [2.05, 4.69) is 30.1 Å².